The Morgan fingerprint density at radius 3 is 2.80 bits per heavy atom. The Morgan fingerprint density at radius 1 is 1.28 bits per heavy atom. The average Bonchev–Trinajstić information content (AvgIpc) is 2.92. The highest BCUT2D eigenvalue weighted by molar-refractivity contribution is 5.68. The summed E-state index contributed by atoms with van der Waals surface area (Å²) in [5.41, 5.74) is 3.30. The summed E-state index contributed by atoms with van der Waals surface area (Å²) in [5, 5.41) is 9.68. The Morgan fingerprint density at radius 2 is 2.08 bits per heavy atom. The van der Waals surface area contributed by atoms with Gasteiger partial charge in [-0.25, -0.2) is 0 Å². The lowest BCUT2D eigenvalue weighted by Crippen LogP contribution is -2.51. The van der Waals surface area contributed by atoms with Crippen LogP contribution in [0.5, 0.6) is 0 Å². The van der Waals surface area contributed by atoms with E-state index in [1.807, 2.05) is 0 Å². The van der Waals surface area contributed by atoms with Crippen molar-refractivity contribution >= 4 is 5.97 Å². The molecular weight excluding hydrogens is 308 g/mol. The Balaban J connectivity index is 1.72. The highest BCUT2D eigenvalue weighted by Gasteiger charge is 2.60. The number of allylic oxidation sites excluding steroid dienone is 3. The minimum Gasteiger partial charge on any atom is -0.481 e. The molecule has 2 heteroatoms. The Hall–Kier alpha value is -1.05. The van der Waals surface area contributed by atoms with Crippen LogP contribution >= 0.6 is 0 Å². The van der Waals surface area contributed by atoms with E-state index in [4.69, 9.17) is 0 Å². The van der Waals surface area contributed by atoms with Crippen LogP contribution in [-0.2, 0) is 4.79 Å². The fraction of sp³-hybridized carbons (Fsp3) is 0.783. The lowest BCUT2D eigenvalue weighted by atomic mass is 9.45. The largest absolute Gasteiger partial charge is 0.481 e. The number of rotatable bonds is 3. The molecule has 138 valence electrons. The van der Waals surface area contributed by atoms with Gasteiger partial charge in [0.25, 0.3) is 0 Å². The molecule has 0 radical (unpaired) electrons. The first-order valence-corrected chi connectivity index (χ1v) is 10.5. The fourth-order valence-corrected chi connectivity index (χ4v) is 7.95. The number of hydrogen-bond donors (Lipinski definition) is 1. The molecule has 0 unspecified atom stereocenters. The van der Waals surface area contributed by atoms with Crippen molar-refractivity contribution in [3.05, 3.63) is 23.8 Å². The van der Waals surface area contributed by atoms with Crippen molar-refractivity contribution in [3.8, 4) is 0 Å². The first kappa shape index (κ1) is 17.4. The third kappa shape index (κ3) is 2.39. The predicted octanol–water partition coefficient (Wildman–Crippen LogP) is 5.99. The van der Waals surface area contributed by atoms with Gasteiger partial charge >= 0.3 is 5.97 Å². The van der Waals surface area contributed by atoms with Crippen LogP contribution in [0.2, 0.25) is 0 Å². The molecule has 0 bridgehead atoms. The van der Waals surface area contributed by atoms with E-state index in [1.54, 1.807) is 5.57 Å². The Kier molecular flexibility index (Phi) is 4.16. The lowest BCUT2D eigenvalue weighted by Gasteiger charge is -2.59. The maximum Gasteiger partial charge on any atom is 0.303 e. The molecule has 0 heterocycles. The molecular formula is C23H34O2. The van der Waals surface area contributed by atoms with Gasteiger partial charge in [-0.3, -0.25) is 4.79 Å². The number of hydrogen-bond acceptors (Lipinski definition) is 1. The first-order chi connectivity index (χ1) is 11.9. The van der Waals surface area contributed by atoms with E-state index in [9.17, 15) is 9.90 Å². The molecule has 0 amide bonds. The molecule has 4 aliphatic carbocycles. The Labute approximate surface area is 152 Å². The molecule has 0 aromatic carbocycles. The van der Waals surface area contributed by atoms with Gasteiger partial charge in [-0.05, 0) is 91.4 Å². The van der Waals surface area contributed by atoms with Gasteiger partial charge in [0.2, 0.25) is 0 Å². The van der Waals surface area contributed by atoms with Gasteiger partial charge in [0.1, 0.15) is 0 Å². The van der Waals surface area contributed by atoms with Crippen molar-refractivity contribution in [1.29, 1.82) is 0 Å². The summed E-state index contributed by atoms with van der Waals surface area (Å²) in [7, 11) is 0. The molecule has 0 spiro atoms. The van der Waals surface area contributed by atoms with Crippen molar-refractivity contribution in [2.24, 2.45) is 34.5 Å². The smallest absolute Gasteiger partial charge is 0.303 e. The molecule has 4 aliphatic rings. The van der Waals surface area contributed by atoms with Crippen molar-refractivity contribution < 1.29 is 9.90 Å². The molecule has 3 fully saturated rings. The molecule has 0 saturated heterocycles. The SMILES string of the molecule is C=C1C[C@H]2[C@@H]3CC[C@H](CC)[C@@]3(CC(=O)O)CC[C@@H]2[C@@]2(C)CCCC=C12. The standard InChI is InChI=1S/C23H34O2/c1-4-16-8-9-20-17-13-15(2)18-7-5-6-11-22(18,3)19(17)10-12-23(16,20)14-21(24)25/h7,16-17,19-20H,2,4-6,8-14H2,1,3H3,(H,24,25)/t16-,17+,19-,20-,22-,23-/m0/s1. The maximum absolute atomic E-state index is 11.8. The van der Waals surface area contributed by atoms with E-state index >= 15 is 0 Å². The molecule has 0 aromatic heterocycles. The average molecular weight is 343 g/mol. The summed E-state index contributed by atoms with van der Waals surface area (Å²) < 4.78 is 0. The topological polar surface area (TPSA) is 37.3 Å². The van der Waals surface area contributed by atoms with Crippen LogP contribution in [0.25, 0.3) is 0 Å². The van der Waals surface area contributed by atoms with Crippen LogP contribution in [0, 0.1) is 34.5 Å². The van der Waals surface area contributed by atoms with Crippen molar-refractivity contribution in [3.63, 3.8) is 0 Å². The van der Waals surface area contributed by atoms with Gasteiger partial charge in [0.05, 0.1) is 6.42 Å². The highest BCUT2D eigenvalue weighted by atomic mass is 16.4. The van der Waals surface area contributed by atoms with Gasteiger partial charge in [-0.1, -0.05) is 38.5 Å². The number of carboxylic acids is 1. The van der Waals surface area contributed by atoms with Crippen LogP contribution in [0.3, 0.4) is 0 Å². The first-order valence-electron chi connectivity index (χ1n) is 10.5. The normalized spacial score (nSPS) is 46.0. The van der Waals surface area contributed by atoms with Crippen molar-refractivity contribution in [2.45, 2.75) is 78.1 Å². The monoisotopic (exact) mass is 342 g/mol. The second-order valence-electron chi connectivity index (χ2n) is 9.64. The molecule has 2 nitrogen and oxygen atoms in total. The van der Waals surface area contributed by atoms with Gasteiger partial charge < -0.3 is 5.11 Å². The van der Waals surface area contributed by atoms with Crippen molar-refractivity contribution in [1.82, 2.24) is 0 Å². The minimum atomic E-state index is -0.581. The molecule has 0 aromatic rings. The summed E-state index contributed by atoms with van der Waals surface area (Å²) in [6.07, 6.45) is 13.8. The van der Waals surface area contributed by atoms with E-state index in [2.05, 4.69) is 26.5 Å². The van der Waals surface area contributed by atoms with E-state index in [0.717, 1.165) is 25.2 Å². The van der Waals surface area contributed by atoms with E-state index in [0.29, 0.717) is 29.6 Å². The third-order valence-electron chi connectivity index (χ3n) is 8.85. The minimum absolute atomic E-state index is 0.0638. The van der Waals surface area contributed by atoms with Gasteiger partial charge in [-0.2, -0.15) is 0 Å². The molecule has 4 rings (SSSR count). The number of fused-ring (bicyclic) bond motifs is 5. The van der Waals surface area contributed by atoms with Gasteiger partial charge in [0, 0.05) is 0 Å². The number of aliphatic carboxylic acids is 1. The third-order valence-corrected chi connectivity index (χ3v) is 8.85. The summed E-state index contributed by atoms with van der Waals surface area (Å²) in [5.74, 6) is 2.04. The zero-order chi connectivity index (χ0) is 17.8. The van der Waals surface area contributed by atoms with Crippen LogP contribution in [0.15, 0.2) is 23.8 Å². The number of carboxylic acid groups (broad SMARTS) is 1. The predicted molar refractivity (Wildman–Crippen MR) is 101 cm³/mol. The molecule has 25 heavy (non-hydrogen) atoms. The summed E-state index contributed by atoms with van der Waals surface area (Å²) in [6.45, 7) is 9.25. The zero-order valence-electron chi connectivity index (χ0n) is 16.0. The van der Waals surface area contributed by atoms with E-state index < -0.39 is 5.97 Å². The van der Waals surface area contributed by atoms with Crippen LogP contribution in [0.4, 0.5) is 0 Å². The second-order valence-corrected chi connectivity index (χ2v) is 9.64. The van der Waals surface area contributed by atoms with Crippen LogP contribution in [0.1, 0.15) is 78.1 Å². The fourth-order valence-electron chi connectivity index (χ4n) is 7.95. The lowest BCUT2D eigenvalue weighted by molar-refractivity contribution is -0.145. The van der Waals surface area contributed by atoms with Crippen LogP contribution < -0.4 is 0 Å². The van der Waals surface area contributed by atoms with E-state index in [1.165, 1.54) is 44.1 Å². The summed E-state index contributed by atoms with van der Waals surface area (Å²) in [4.78, 5) is 11.8. The maximum atomic E-state index is 11.8. The molecule has 3 saturated carbocycles. The summed E-state index contributed by atoms with van der Waals surface area (Å²) >= 11 is 0. The van der Waals surface area contributed by atoms with Gasteiger partial charge in [0.15, 0.2) is 0 Å². The molecule has 0 aliphatic heterocycles. The zero-order valence-corrected chi connectivity index (χ0v) is 16.0. The summed E-state index contributed by atoms with van der Waals surface area (Å²) in [6, 6.07) is 0. The molecule has 6 atom stereocenters. The van der Waals surface area contributed by atoms with Crippen LogP contribution in [-0.4, -0.2) is 11.1 Å². The molecule has 1 N–H and O–H groups in total. The quantitative estimate of drug-likeness (QED) is 0.684. The Bertz CT molecular complexity index is 618. The number of carbonyl (C=O) groups is 1. The van der Waals surface area contributed by atoms with E-state index in [-0.39, 0.29) is 5.41 Å². The van der Waals surface area contributed by atoms with Gasteiger partial charge in [-0.15, -0.1) is 0 Å². The van der Waals surface area contributed by atoms with Crippen molar-refractivity contribution in [2.75, 3.05) is 0 Å². The second kappa shape index (κ2) is 5.99. The highest BCUT2D eigenvalue weighted by Crippen LogP contribution is 2.68.